The Hall–Kier alpha value is -2.56. The number of anilines is 1. The summed E-state index contributed by atoms with van der Waals surface area (Å²) in [5.74, 6) is 0.636. The first-order valence-corrected chi connectivity index (χ1v) is 9.03. The van der Waals surface area contributed by atoms with Gasteiger partial charge in [-0.2, -0.15) is 0 Å². The molecular weight excluding hydrogens is 314 g/mol. The number of urea groups is 1. The first-order valence-electron chi connectivity index (χ1n) is 9.03. The van der Waals surface area contributed by atoms with Crippen LogP contribution in [-0.4, -0.2) is 28.6 Å². The highest BCUT2D eigenvalue weighted by Gasteiger charge is 2.21. The third kappa shape index (κ3) is 3.76. The number of nitrogens with one attached hydrogen (secondary N) is 1. The maximum atomic E-state index is 12.5. The molecule has 5 heteroatoms. The molecule has 1 aromatic heterocycles. The Labute approximate surface area is 148 Å². The summed E-state index contributed by atoms with van der Waals surface area (Å²) in [6, 6.07) is 11.9. The van der Waals surface area contributed by atoms with Crippen molar-refractivity contribution in [2.75, 3.05) is 11.9 Å². The van der Waals surface area contributed by atoms with Gasteiger partial charge >= 0.3 is 6.03 Å². The van der Waals surface area contributed by atoms with E-state index in [-0.39, 0.29) is 6.03 Å². The predicted octanol–water partition coefficient (Wildman–Crippen LogP) is 3.99. The van der Waals surface area contributed by atoms with Crippen LogP contribution >= 0.6 is 0 Å². The SMILES string of the molecule is O=C(Nc1ccc(OC2CCCC2)nc1)N1CCc2ccccc2C1. The lowest BCUT2D eigenvalue weighted by atomic mass is 10.0. The van der Waals surface area contributed by atoms with E-state index in [1.807, 2.05) is 23.1 Å². The van der Waals surface area contributed by atoms with Crippen LogP contribution in [0.4, 0.5) is 10.5 Å². The molecule has 0 radical (unpaired) electrons. The summed E-state index contributed by atoms with van der Waals surface area (Å²) in [7, 11) is 0. The van der Waals surface area contributed by atoms with Crippen LogP contribution < -0.4 is 10.1 Å². The Kier molecular flexibility index (Phi) is 4.55. The Bertz CT molecular complexity index is 739. The molecule has 1 fully saturated rings. The highest BCUT2D eigenvalue weighted by molar-refractivity contribution is 5.89. The zero-order valence-corrected chi connectivity index (χ0v) is 14.3. The number of nitrogens with zero attached hydrogens (tertiary/aromatic N) is 2. The Morgan fingerprint density at radius 1 is 1.12 bits per heavy atom. The van der Waals surface area contributed by atoms with Crippen molar-refractivity contribution >= 4 is 11.7 Å². The summed E-state index contributed by atoms with van der Waals surface area (Å²) < 4.78 is 5.86. The molecule has 130 valence electrons. The molecule has 1 N–H and O–H groups in total. The largest absolute Gasteiger partial charge is 0.474 e. The van der Waals surface area contributed by atoms with Gasteiger partial charge in [-0.05, 0) is 49.3 Å². The highest BCUT2D eigenvalue weighted by Crippen LogP contribution is 2.24. The van der Waals surface area contributed by atoms with Gasteiger partial charge in [-0.3, -0.25) is 0 Å². The minimum Gasteiger partial charge on any atom is -0.474 e. The van der Waals surface area contributed by atoms with Gasteiger partial charge in [-0.25, -0.2) is 9.78 Å². The van der Waals surface area contributed by atoms with E-state index in [0.29, 0.717) is 24.2 Å². The maximum absolute atomic E-state index is 12.5. The number of rotatable bonds is 3. The van der Waals surface area contributed by atoms with Crippen molar-refractivity contribution < 1.29 is 9.53 Å². The van der Waals surface area contributed by atoms with Crippen LogP contribution in [0.25, 0.3) is 0 Å². The van der Waals surface area contributed by atoms with Crippen LogP contribution in [0.5, 0.6) is 5.88 Å². The van der Waals surface area contributed by atoms with Crippen LogP contribution in [-0.2, 0) is 13.0 Å². The summed E-state index contributed by atoms with van der Waals surface area (Å²) in [5.41, 5.74) is 3.26. The summed E-state index contributed by atoms with van der Waals surface area (Å²) in [6.07, 6.45) is 7.54. The molecule has 1 aromatic carbocycles. The minimum atomic E-state index is -0.0826. The molecule has 5 nitrogen and oxygen atoms in total. The fourth-order valence-electron chi connectivity index (χ4n) is 3.57. The molecule has 0 bridgehead atoms. The lowest BCUT2D eigenvalue weighted by molar-refractivity contribution is 0.201. The average Bonchev–Trinajstić information content (AvgIpc) is 3.16. The fourth-order valence-corrected chi connectivity index (χ4v) is 3.57. The summed E-state index contributed by atoms with van der Waals surface area (Å²) >= 11 is 0. The van der Waals surface area contributed by atoms with E-state index in [2.05, 4.69) is 28.5 Å². The van der Waals surface area contributed by atoms with E-state index in [9.17, 15) is 4.79 Å². The number of carbonyl (C=O) groups excluding carboxylic acids is 1. The second kappa shape index (κ2) is 7.13. The number of ether oxygens (including phenoxy) is 1. The minimum absolute atomic E-state index is 0.0826. The molecule has 4 rings (SSSR count). The van der Waals surface area contributed by atoms with Crippen molar-refractivity contribution in [1.29, 1.82) is 0 Å². The number of pyridine rings is 1. The van der Waals surface area contributed by atoms with Crippen LogP contribution in [0, 0.1) is 0 Å². The second-order valence-corrected chi connectivity index (χ2v) is 6.78. The first-order chi connectivity index (χ1) is 12.3. The number of carbonyl (C=O) groups is 1. The second-order valence-electron chi connectivity index (χ2n) is 6.78. The summed E-state index contributed by atoms with van der Waals surface area (Å²) in [6.45, 7) is 1.39. The number of benzene rings is 1. The topological polar surface area (TPSA) is 54.5 Å². The number of hydrogen-bond acceptors (Lipinski definition) is 3. The van der Waals surface area contributed by atoms with Crippen LogP contribution in [0.1, 0.15) is 36.8 Å². The smallest absolute Gasteiger partial charge is 0.322 e. The van der Waals surface area contributed by atoms with E-state index in [1.54, 1.807) is 6.20 Å². The number of amides is 2. The van der Waals surface area contributed by atoms with E-state index in [0.717, 1.165) is 25.8 Å². The van der Waals surface area contributed by atoms with Crippen molar-refractivity contribution in [2.24, 2.45) is 0 Å². The molecule has 0 spiro atoms. The number of aromatic nitrogens is 1. The van der Waals surface area contributed by atoms with Gasteiger partial charge in [-0.15, -0.1) is 0 Å². The van der Waals surface area contributed by atoms with E-state index in [4.69, 9.17) is 4.74 Å². The Morgan fingerprint density at radius 2 is 1.92 bits per heavy atom. The first kappa shape index (κ1) is 15.9. The highest BCUT2D eigenvalue weighted by atomic mass is 16.5. The third-order valence-corrected chi connectivity index (χ3v) is 5.00. The molecule has 1 aliphatic heterocycles. The third-order valence-electron chi connectivity index (χ3n) is 5.00. The monoisotopic (exact) mass is 337 g/mol. The zero-order chi connectivity index (χ0) is 17.1. The van der Waals surface area contributed by atoms with E-state index >= 15 is 0 Å². The average molecular weight is 337 g/mol. The van der Waals surface area contributed by atoms with Gasteiger partial charge in [-0.1, -0.05) is 24.3 Å². The zero-order valence-electron chi connectivity index (χ0n) is 14.3. The molecule has 0 atom stereocenters. The van der Waals surface area contributed by atoms with Crippen molar-refractivity contribution in [3.05, 3.63) is 53.7 Å². The summed E-state index contributed by atoms with van der Waals surface area (Å²) in [5, 5.41) is 2.93. The van der Waals surface area contributed by atoms with Crippen LogP contribution in [0.3, 0.4) is 0 Å². The van der Waals surface area contributed by atoms with Gasteiger partial charge in [0.15, 0.2) is 0 Å². The van der Waals surface area contributed by atoms with Crippen molar-refractivity contribution in [1.82, 2.24) is 9.88 Å². The normalized spacial score (nSPS) is 17.2. The molecule has 2 heterocycles. The molecule has 0 unspecified atom stereocenters. The van der Waals surface area contributed by atoms with Gasteiger partial charge < -0.3 is 15.0 Å². The van der Waals surface area contributed by atoms with Gasteiger partial charge in [0.05, 0.1) is 11.9 Å². The standard InChI is InChI=1S/C20H23N3O2/c24-20(23-12-11-15-5-1-2-6-16(15)14-23)22-17-9-10-19(21-13-17)25-18-7-3-4-8-18/h1-2,5-6,9-10,13,18H,3-4,7-8,11-12,14H2,(H,22,24). The molecular formula is C20H23N3O2. The molecule has 2 amide bonds. The Balaban J connectivity index is 1.34. The maximum Gasteiger partial charge on any atom is 0.322 e. The number of fused-ring (bicyclic) bond motifs is 1. The van der Waals surface area contributed by atoms with Crippen LogP contribution in [0.15, 0.2) is 42.6 Å². The molecule has 0 saturated heterocycles. The van der Waals surface area contributed by atoms with Gasteiger partial charge in [0.25, 0.3) is 0 Å². The quantitative estimate of drug-likeness (QED) is 0.921. The molecule has 1 saturated carbocycles. The van der Waals surface area contributed by atoms with Gasteiger partial charge in [0.1, 0.15) is 6.10 Å². The van der Waals surface area contributed by atoms with Gasteiger partial charge in [0.2, 0.25) is 5.88 Å². The lowest BCUT2D eigenvalue weighted by Crippen LogP contribution is -2.38. The van der Waals surface area contributed by atoms with Crippen molar-refractivity contribution in [2.45, 2.75) is 44.8 Å². The molecule has 2 aromatic rings. The van der Waals surface area contributed by atoms with Crippen molar-refractivity contribution in [3.63, 3.8) is 0 Å². The predicted molar refractivity (Wildman–Crippen MR) is 96.7 cm³/mol. The van der Waals surface area contributed by atoms with Gasteiger partial charge in [0, 0.05) is 19.2 Å². The molecule has 2 aliphatic rings. The summed E-state index contributed by atoms with van der Waals surface area (Å²) in [4.78, 5) is 18.7. The van der Waals surface area contributed by atoms with Crippen LogP contribution in [0.2, 0.25) is 0 Å². The van der Waals surface area contributed by atoms with Crippen molar-refractivity contribution in [3.8, 4) is 5.88 Å². The molecule has 25 heavy (non-hydrogen) atoms. The van der Waals surface area contributed by atoms with E-state index < -0.39 is 0 Å². The number of hydrogen-bond donors (Lipinski definition) is 1. The fraction of sp³-hybridized carbons (Fsp3) is 0.400. The molecule has 1 aliphatic carbocycles. The van der Waals surface area contributed by atoms with E-state index in [1.165, 1.54) is 24.0 Å². The lowest BCUT2D eigenvalue weighted by Gasteiger charge is -2.28. The Morgan fingerprint density at radius 3 is 2.68 bits per heavy atom.